The second-order valence-electron chi connectivity index (χ2n) is 7.45. The van der Waals surface area contributed by atoms with E-state index in [2.05, 4.69) is 22.2 Å². The van der Waals surface area contributed by atoms with Crippen molar-refractivity contribution < 1.29 is 4.79 Å². The van der Waals surface area contributed by atoms with E-state index >= 15 is 0 Å². The average Bonchev–Trinajstić information content (AvgIpc) is 3.01. The standard InChI is InChI=1S/C21H23N3O2S2/c1-12-3-6-14(7-4-12)22-18(25)11-27-10-17-23-20(26)19-15-8-5-13(2)9-16(15)28-21(19)24-17/h3-4,6-7,13H,5,8-11H2,1-2H3,(H,22,25)(H,23,24,26)/t13-/m0/s1. The first-order valence-corrected chi connectivity index (χ1v) is 11.4. The van der Waals surface area contributed by atoms with Crippen molar-refractivity contribution in [2.24, 2.45) is 5.92 Å². The molecular formula is C21H23N3O2S2. The Labute approximate surface area is 172 Å². The molecule has 2 N–H and O–H groups in total. The van der Waals surface area contributed by atoms with Crippen molar-refractivity contribution in [3.63, 3.8) is 0 Å². The lowest BCUT2D eigenvalue weighted by Crippen LogP contribution is -2.16. The summed E-state index contributed by atoms with van der Waals surface area (Å²) in [6.45, 7) is 4.27. The van der Waals surface area contributed by atoms with Gasteiger partial charge in [0.05, 0.1) is 16.9 Å². The van der Waals surface area contributed by atoms with Crippen LogP contribution in [-0.4, -0.2) is 21.6 Å². The van der Waals surface area contributed by atoms with E-state index in [1.54, 1.807) is 11.3 Å². The summed E-state index contributed by atoms with van der Waals surface area (Å²) in [5, 5.41) is 3.66. The molecule has 3 aromatic rings. The third kappa shape index (κ3) is 4.15. The highest BCUT2D eigenvalue weighted by atomic mass is 32.2. The monoisotopic (exact) mass is 413 g/mol. The Balaban J connectivity index is 1.40. The third-order valence-electron chi connectivity index (χ3n) is 5.02. The number of benzene rings is 1. The predicted octanol–water partition coefficient (Wildman–Crippen LogP) is 4.29. The van der Waals surface area contributed by atoms with Crippen LogP contribution in [0.4, 0.5) is 5.69 Å². The normalized spacial score (nSPS) is 16.1. The first-order chi connectivity index (χ1) is 13.5. The molecule has 1 atom stereocenters. The molecule has 5 nitrogen and oxygen atoms in total. The lowest BCUT2D eigenvalue weighted by Gasteiger charge is -2.17. The zero-order valence-electron chi connectivity index (χ0n) is 16.0. The molecule has 0 unspecified atom stereocenters. The molecule has 0 spiro atoms. The fourth-order valence-electron chi connectivity index (χ4n) is 3.54. The van der Waals surface area contributed by atoms with Crippen LogP contribution >= 0.6 is 23.1 Å². The van der Waals surface area contributed by atoms with E-state index in [4.69, 9.17) is 0 Å². The summed E-state index contributed by atoms with van der Waals surface area (Å²) in [6.07, 6.45) is 3.14. The number of anilines is 1. The van der Waals surface area contributed by atoms with Crippen molar-refractivity contribution in [2.45, 2.75) is 38.9 Å². The van der Waals surface area contributed by atoms with Crippen molar-refractivity contribution >= 4 is 44.9 Å². The maximum Gasteiger partial charge on any atom is 0.259 e. The molecule has 2 heterocycles. The van der Waals surface area contributed by atoms with Crippen molar-refractivity contribution in [2.75, 3.05) is 11.1 Å². The molecule has 1 amide bonds. The second-order valence-corrected chi connectivity index (χ2v) is 9.52. The van der Waals surface area contributed by atoms with Crippen molar-refractivity contribution in [3.05, 3.63) is 56.4 Å². The molecule has 0 fully saturated rings. The van der Waals surface area contributed by atoms with E-state index in [-0.39, 0.29) is 11.5 Å². The summed E-state index contributed by atoms with van der Waals surface area (Å²) in [7, 11) is 0. The minimum absolute atomic E-state index is 0.0447. The van der Waals surface area contributed by atoms with E-state index in [0.717, 1.165) is 40.7 Å². The van der Waals surface area contributed by atoms with Gasteiger partial charge in [0, 0.05) is 10.6 Å². The van der Waals surface area contributed by atoms with Gasteiger partial charge in [-0.15, -0.1) is 23.1 Å². The molecule has 1 aromatic carbocycles. The predicted molar refractivity (Wildman–Crippen MR) is 117 cm³/mol. The number of fused-ring (bicyclic) bond motifs is 3. The first kappa shape index (κ1) is 19.2. The average molecular weight is 414 g/mol. The summed E-state index contributed by atoms with van der Waals surface area (Å²) in [5.41, 5.74) is 3.10. The molecule has 4 rings (SSSR count). The van der Waals surface area contributed by atoms with E-state index in [1.807, 2.05) is 31.2 Å². The van der Waals surface area contributed by atoms with Crippen LogP contribution in [0.2, 0.25) is 0 Å². The quantitative estimate of drug-likeness (QED) is 0.654. The van der Waals surface area contributed by atoms with Crippen LogP contribution in [0.25, 0.3) is 10.2 Å². The topological polar surface area (TPSA) is 74.8 Å². The Morgan fingerprint density at radius 3 is 2.93 bits per heavy atom. The number of aryl methyl sites for hydroxylation is 2. The van der Waals surface area contributed by atoms with Gasteiger partial charge in [-0.2, -0.15) is 0 Å². The van der Waals surface area contributed by atoms with Gasteiger partial charge < -0.3 is 10.3 Å². The molecular weight excluding hydrogens is 390 g/mol. The highest BCUT2D eigenvalue weighted by Gasteiger charge is 2.23. The van der Waals surface area contributed by atoms with Crippen LogP contribution in [0.3, 0.4) is 0 Å². The number of thioether (sulfide) groups is 1. The number of nitrogens with one attached hydrogen (secondary N) is 2. The Kier molecular flexibility index (Phi) is 5.55. The zero-order valence-corrected chi connectivity index (χ0v) is 17.6. The molecule has 1 aliphatic rings. The fourth-order valence-corrected chi connectivity index (χ4v) is 5.63. The summed E-state index contributed by atoms with van der Waals surface area (Å²) in [5.74, 6) is 2.07. The molecule has 0 bridgehead atoms. The smallest absolute Gasteiger partial charge is 0.259 e. The number of nitrogens with zero attached hydrogens (tertiary/aromatic N) is 1. The number of thiophene rings is 1. The number of rotatable bonds is 5. The van der Waals surface area contributed by atoms with Gasteiger partial charge in [-0.1, -0.05) is 24.6 Å². The number of H-pyrrole nitrogens is 1. The molecule has 0 saturated carbocycles. The highest BCUT2D eigenvalue weighted by molar-refractivity contribution is 7.99. The van der Waals surface area contributed by atoms with Crippen LogP contribution in [-0.2, 0) is 23.4 Å². The van der Waals surface area contributed by atoms with Gasteiger partial charge in [-0.25, -0.2) is 4.98 Å². The SMILES string of the molecule is Cc1ccc(NC(=O)CSCc2nc3sc4c(c3c(=O)[nH]2)CC[C@H](C)C4)cc1. The number of carbonyl (C=O) groups excluding carboxylic acids is 1. The summed E-state index contributed by atoms with van der Waals surface area (Å²) >= 11 is 3.10. The Morgan fingerprint density at radius 1 is 1.36 bits per heavy atom. The number of hydrogen-bond donors (Lipinski definition) is 2. The van der Waals surface area contributed by atoms with Crippen molar-refractivity contribution in [1.29, 1.82) is 0 Å². The summed E-state index contributed by atoms with van der Waals surface area (Å²) in [6, 6.07) is 7.72. The minimum atomic E-state index is -0.0575. The molecule has 1 aliphatic carbocycles. The minimum Gasteiger partial charge on any atom is -0.325 e. The van der Waals surface area contributed by atoms with Gasteiger partial charge in [-0.3, -0.25) is 9.59 Å². The highest BCUT2D eigenvalue weighted by Crippen LogP contribution is 2.35. The maximum absolute atomic E-state index is 12.6. The molecule has 0 aliphatic heterocycles. The van der Waals surface area contributed by atoms with Gasteiger partial charge in [0.25, 0.3) is 5.56 Å². The molecule has 28 heavy (non-hydrogen) atoms. The first-order valence-electron chi connectivity index (χ1n) is 9.47. The number of aromatic amines is 1. The van der Waals surface area contributed by atoms with Gasteiger partial charge in [0.1, 0.15) is 10.7 Å². The Bertz CT molecular complexity index is 1070. The maximum atomic E-state index is 12.6. The zero-order chi connectivity index (χ0) is 19.7. The number of aromatic nitrogens is 2. The van der Waals surface area contributed by atoms with Gasteiger partial charge in [0.15, 0.2) is 0 Å². The lowest BCUT2D eigenvalue weighted by atomic mass is 9.89. The Hall–Kier alpha value is -2.12. The lowest BCUT2D eigenvalue weighted by molar-refractivity contribution is -0.113. The molecule has 7 heteroatoms. The number of carbonyl (C=O) groups is 1. The summed E-state index contributed by atoms with van der Waals surface area (Å²) < 4.78 is 0. The molecule has 146 valence electrons. The van der Waals surface area contributed by atoms with E-state index in [0.29, 0.717) is 23.2 Å². The molecule has 0 saturated heterocycles. The van der Waals surface area contributed by atoms with E-state index in [1.165, 1.54) is 22.2 Å². The number of amides is 1. The Morgan fingerprint density at radius 2 is 2.14 bits per heavy atom. The third-order valence-corrected chi connectivity index (χ3v) is 7.11. The molecule has 2 aromatic heterocycles. The number of hydrogen-bond acceptors (Lipinski definition) is 5. The van der Waals surface area contributed by atoms with Gasteiger partial charge >= 0.3 is 0 Å². The van der Waals surface area contributed by atoms with Crippen LogP contribution in [0.15, 0.2) is 29.1 Å². The largest absolute Gasteiger partial charge is 0.325 e. The van der Waals surface area contributed by atoms with Crippen LogP contribution < -0.4 is 10.9 Å². The fraction of sp³-hybridized carbons (Fsp3) is 0.381. The second kappa shape index (κ2) is 8.09. The van der Waals surface area contributed by atoms with Gasteiger partial charge in [-0.05, 0) is 49.8 Å². The molecule has 0 radical (unpaired) electrons. The van der Waals surface area contributed by atoms with E-state index < -0.39 is 0 Å². The van der Waals surface area contributed by atoms with Crippen molar-refractivity contribution in [1.82, 2.24) is 9.97 Å². The van der Waals surface area contributed by atoms with E-state index in [9.17, 15) is 9.59 Å². The summed E-state index contributed by atoms with van der Waals surface area (Å²) in [4.78, 5) is 34.4. The van der Waals surface area contributed by atoms with Crippen LogP contribution in [0.5, 0.6) is 0 Å². The van der Waals surface area contributed by atoms with Crippen LogP contribution in [0.1, 0.15) is 35.2 Å². The van der Waals surface area contributed by atoms with Crippen molar-refractivity contribution in [3.8, 4) is 0 Å². The van der Waals surface area contributed by atoms with Crippen LogP contribution in [0, 0.1) is 12.8 Å². The van der Waals surface area contributed by atoms with Gasteiger partial charge in [0.2, 0.25) is 5.91 Å².